The number of carbonyl (C=O) groups is 2. The molecule has 2 aromatic rings. The Bertz CT molecular complexity index is 680. The van der Waals surface area contributed by atoms with Gasteiger partial charge in [0, 0.05) is 24.5 Å². The zero-order chi connectivity index (χ0) is 15.5. The number of aliphatic carboxylic acids is 1. The number of hydrogen-bond donors (Lipinski definition) is 2. The van der Waals surface area contributed by atoms with Gasteiger partial charge in [0.05, 0.1) is 18.7 Å². The molecule has 1 aliphatic heterocycles. The average Bonchev–Trinajstić information content (AvgIpc) is 3.04. The summed E-state index contributed by atoms with van der Waals surface area (Å²) in [6.07, 6.45) is 2.46. The third kappa shape index (κ3) is 2.73. The van der Waals surface area contributed by atoms with Crippen LogP contribution in [0.5, 0.6) is 0 Å². The van der Waals surface area contributed by atoms with Gasteiger partial charge in [-0.3, -0.25) is 4.79 Å². The van der Waals surface area contributed by atoms with Crippen LogP contribution in [0.4, 0.5) is 0 Å². The van der Waals surface area contributed by atoms with Gasteiger partial charge >= 0.3 is 5.97 Å². The van der Waals surface area contributed by atoms with Gasteiger partial charge in [0.15, 0.2) is 6.10 Å². The zero-order valence-corrected chi connectivity index (χ0v) is 11.9. The second-order valence-corrected chi connectivity index (χ2v) is 5.10. The molecule has 1 fully saturated rings. The summed E-state index contributed by atoms with van der Waals surface area (Å²) in [7, 11) is 0. The lowest BCUT2D eigenvalue weighted by atomic mass is 10.0. The number of aromatic amines is 1. The molecule has 3 rings (SSSR count). The molecule has 1 saturated heterocycles. The van der Waals surface area contributed by atoms with E-state index in [2.05, 4.69) is 4.98 Å². The quantitative estimate of drug-likeness (QED) is 0.902. The minimum absolute atomic E-state index is 0.0631. The lowest BCUT2D eigenvalue weighted by molar-refractivity contribution is -0.154. The van der Waals surface area contributed by atoms with E-state index in [9.17, 15) is 9.59 Å². The summed E-state index contributed by atoms with van der Waals surface area (Å²) >= 11 is 0. The van der Waals surface area contributed by atoms with Crippen molar-refractivity contribution in [1.82, 2.24) is 9.88 Å². The summed E-state index contributed by atoms with van der Waals surface area (Å²) in [5.41, 5.74) is 2.29. The highest BCUT2D eigenvalue weighted by Crippen LogP contribution is 2.25. The molecule has 114 valence electrons. The van der Waals surface area contributed by atoms with Crippen LogP contribution in [0.2, 0.25) is 0 Å². The van der Waals surface area contributed by atoms with Crippen molar-refractivity contribution in [1.29, 1.82) is 0 Å². The topological polar surface area (TPSA) is 82.6 Å². The van der Waals surface area contributed by atoms with Crippen molar-refractivity contribution in [3.05, 3.63) is 48.3 Å². The van der Waals surface area contributed by atoms with Crippen LogP contribution in [-0.4, -0.2) is 52.7 Å². The zero-order valence-electron chi connectivity index (χ0n) is 11.9. The van der Waals surface area contributed by atoms with Gasteiger partial charge < -0.3 is 19.7 Å². The molecule has 1 amide bonds. The van der Waals surface area contributed by atoms with E-state index < -0.39 is 12.1 Å². The van der Waals surface area contributed by atoms with E-state index in [1.807, 2.05) is 30.3 Å². The molecule has 6 heteroatoms. The Morgan fingerprint density at radius 3 is 2.73 bits per heavy atom. The van der Waals surface area contributed by atoms with Crippen LogP contribution >= 0.6 is 0 Å². The molecule has 0 saturated carbocycles. The Kier molecular flexibility index (Phi) is 3.93. The summed E-state index contributed by atoms with van der Waals surface area (Å²) < 4.78 is 5.15. The number of amides is 1. The van der Waals surface area contributed by atoms with E-state index in [1.54, 1.807) is 12.4 Å². The third-order valence-corrected chi connectivity index (χ3v) is 3.69. The highest BCUT2D eigenvalue weighted by Gasteiger charge is 2.30. The molecule has 0 radical (unpaired) electrons. The number of morpholine rings is 1. The number of nitrogens with one attached hydrogen (secondary N) is 1. The molecule has 22 heavy (non-hydrogen) atoms. The predicted molar refractivity (Wildman–Crippen MR) is 79.5 cm³/mol. The summed E-state index contributed by atoms with van der Waals surface area (Å²) in [5, 5.41) is 9.03. The fourth-order valence-corrected chi connectivity index (χ4v) is 2.55. The van der Waals surface area contributed by atoms with E-state index in [-0.39, 0.29) is 19.1 Å². The van der Waals surface area contributed by atoms with E-state index in [0.29, 0.717) is 12.1 Å². The number of H-pyrrole nitrogens is 1. The first-order valence-corrected chi connectivity index (χ1v) is 7.02. The van der Waals surface area contributed by atoms with Gasteiger partial charge in [-0.25, -0.2) is 4.79 Å². The maximum absolute atomic E-state index is 12.7. The summed E-state index contributed by atoms with van der Waals surface area (Å²) in [6.45, 7) is 0.684. The number of benzene rings is 1. The minimum Gasteiger partial charge on any atom is -0.479 e. The van der Waals surface area contributed by atoms with Crippen LogP contribution in [0.1, 0.15) is 10.4 Å². The van der Waals surface area contributed by atoms with Crippen LogP contribution in [-0.2, 0) is 9.53 Å². The fraction of sp³-hybridized carbons (Fsp3) is 0.250. The van der Waals surface area contributed by atoms with Crippen molar-refractivity contribution in [3.8, 4) is 11.1 Å². The van der Waals surface area contributed by atoms with Crippen LogP contribution in [0, 0.1) is 0 Å². The monoisotopic (exact) mass is 300 g/mol. The van der Waals surface area contributed by atoms with E-state index in [0.717, 1.165) is 11.1 Å². The molecule has 2 N–H and O–H groups in total. The number of carboxylic acids is 1. The summed E-state index contributed by atoms with van der Waals surface area (Å²) in [6, 6.07) is 9.59. The maximum atomic E-state index is 12.7. The van der Waals surface area contributed by atoms with Crippen molar-refractivity contribution >= 4 is 11.9 Å². The normalized spacial score (nSPS) is 18.2. The average molecular weight is 300 g/mol. The molecule has 0 bridgehead atoms. The molecule has 2 heterocycles. The summed E-state index contributed by atoms with van der Waals surface area (Å²) in [5.74, 6) is -1.23. The highest BCUT2D eigenvalue weighted by atomic mass is 16.5. The largest absolute Gasteiger partial charge is 0.479 e. The standard InChI is InChI=1S/C16H16N2O4/c19-15(18-6-7-22-14(10-18)16(20)21)13-9-17-8-12(13)11-4-2-1-3-5-11/h1-5,8-9,14,17H,6-7,10H2,(H,20,21). The number of rotatable bonds is 3. The number of hydrogen-bond acceptors (Lipinski definition) is 3. The van der Waals surface area contributed by atoms with Gasteiger partial charge in [0.2, 0.25) is 0 Å². The molecule has 6 nitrogen and oxygen atoms in total. The van der Waals surface area contributed by atoms with E-state index >= 15 is 0 Å². The van der Waals surface area contributed by atoms with Crippen LogP contribution in [0.15, 0.2) is 42.7 Å². The highest BCUT2D eigenvalue weighted by molar-refractivity contribution is 6.01. The second-order valence-electron chi connectivity index (χ2n) is 5.10. The minimum atomic E-state index is -1.05. The number of nitrogens with zero attached hydrogens (tertiary/aromatic N) is 1. The maximum Gasteiger partial charge on any atom is 0.334 e. The van der Waals surface area contributed by atoms with Crippen molar-refractivity contribution < 1.29 is 19.4 Å². The number of ether oxygens (including phenoxy) is 1. The van der Waals surface area contributed by atoms with Gasteiger partial charge in [0.1, 0.15) is 0 Å². The van der Waals surface area contributed by atoms with Gasteiger partial charge in [-0.2, -0.15) is 0 Å². The molecule has 1 aliphatic rings. The number of aromatic nitrogens is 1. The van der Waals surface area contributed by atoms with Crippen molar-refractivity contribution in [2.75, 3.05) is 19.7 Å². The third-order valence-electron chi connectivity index (χ3n) is 3.69. The first-order valence-electron chi connectivity index (χ1n) is 7.02. The molecule has 1 unspecified atom stereocenters. The fourth-order valence-electron chi connectivity index (χ4n) is 2.55. The molecular weight excluding hydrogens is 284 g/mol. The first kappa shape index (κ1) is 14.3. The van der Waals surface area contributed by atoms with Crippen LogP contribution in [0.3, 0.4) is 0 Å². The van der Waals surface area contributed by atoms with Crippen LogP contribution in [0.25, 0.3) is 11.1 Å². The van der Waals surface area contributed by atoms with Crippen LogP contribution < -0.4 is 0 Å². The molecule has 1 atom stereocenters. The van der Waals surface area contributed by atoms with E-state index in [4.69, 9.17) is 9.84 Å². The van der Waals surface area contributed by atoms with Gasteiger partial charge in [-0.1, -0.05) is 30.3 Å². The van der Waals surface area contributed by atoms with Crippen molar-refractivity contribution in [2.45, 2.75) is 6.10 Å². The molecule has 0 aliphatic carbocycles. The van der Waals surface area contributed by atoms with Gasteiger partial charge in [-0.05, 0) is 5.56 Å². The Hall–Kier alpha value is -2.60. The van der Waals surface area contributed by atoms with Crippen molar-refractivity contribution in [2.24, 2.45) is 0 Å². The first-order chi connectivity index (χ1) is 10.7. The number of carboxylic acid groups (broad SMARTS) is 1. The van der Waals surface area contributed by atoms with Crippen molar-refractivity contribution in [3.63, 3.8) is 0 Å². The van der Waals surface area contributed by atoms with E-state index in [1.165, 1.54) is 4.90 Å². The smallest absolute Gasteiger partial charge is 0.334 e. The SMILES string of the molecule is O=C(O)C1CN(C(=O)c2c[nH]cc2-c2ccccc2)CCO1. The molecule has 0 spiro atoms. The van der Waals surface area contributed by atoms with Gasteiger partial charge in [0.25, 0.3) is 5.91 Å². The molecular formula is C16H16N2O4. The number of carbonyl (C=O) groups excluding carboxylic acids is 1. The summed E-state index contributed by atoms with van der Waals surface area (Å²) in [4.78, 5) is 28.2. The molecule has 1 aromatic carbocycles. The Morgan fingerprint density at radius 2 is 2.00 bits per heavy atom. The predicted octanol–water partition coefficient (Wildman–Crippen LogP) is 1.61. The molecule has 1 aromatic heterocycles. The lowest BCUT2D eigenvalue weighted by Gasteiger charge is -2.31. The van der Waals surface area contributed by atoms with Gasteiger partial charge in [-0.15, -0.1) is 0 Å². The Balaban J connectivity index is 1.84. The second kappa shape index (κ2) is 6.03. The lowest BCUT2D eigenvalue weighted by Crippen LogP contribution is -2.48. The Labute approximate surface area is 127 Å². The Morgan fingerprint density at radius 1 is 1.23 bits per heavy atom.